The summed E-state index contributed by atoms with van der Waals surface area (Å²) in [7, 11) is 0. The Morgan fingerprint density at radius 3 is 0.795 bits per heavy atom. The van der Waals surface area contributed by atoms with Crippen LogP contribution in [0, 0.1) is 0 Å². The van der Waals surface area contributed by atoms with Gasteiger partial charge in [-0.05, 0) is 122 Å². The highest BCUT2D eigenvalue weighted by Gasteiger charge is 2.19. The van der Waals surface area contributed by atoms with Crippen molar-refractivity contribution in [3.63, 3.8) is 0 Å². The molecule has 6 heteroatoms. The summed E-state index contributed by atoms with van der Waals surface area (Å²) in [5.74, 6) is -0.914. The topological polar surface area (TPSA) is 78.9 Å². The van der Waals surface area contributed by atoms with Crippen molar-refractivity contribution < 1.29 is 28.6 Å². The smallest absolute Gasteiger partial charge is 0.306 e. The molecule has 0 heterocycles. The van der Waals surface area contributed by atoms with E-state index in [1.165, 1.54) is 141 Å². The van der Waals surface area contributed by atoms with Gasteiger partial charge in [0.15, 0.2) is 6.10 Å². The minimum Gasteiger partial charge on any atom is -0.462 e. The molecule has 0 aliphatic rings. The van der Waals surface area contributed by atoms with Gasteiger partial charge in [-0.1, -0.05) is 278 Å². The summed E-state index contributed by atoms with van der Waals surface area (Å²) >= 11 is 0. The van der Waals surface area contributed by atoms with Crippen LogP contribution in [0.5, 0.6) is 0 Å². The van der Waals surface area contributed by atoms with Crippen molar-refractivity contribution in [1.82, 2.24) is 0 Å². The molecule has 1 unspecified atom stereocenters. The molecule has 0 spiro atoms. The Morgan fingerprint density at radius 1 is 0.269 bits per heavy atom. The molecule has 0 aromatic carbocycles. The summed E-state index contributed by atoms with van der Waals surface area (Å²) in [6.07, 6.45) is 89.7. The average molecular weight is 1080 g/mol. The Labute approximate surface area is 482 Å². The van der Waals surface area contributed by atoms with Crippen molar-refractivity contribution in [2.24, 2.45) is 0 Å². The molecule has 0 N–H and O–H groups in total. The van der Waals surface area contributed by atoms with Gasteiger partial charge in [0, 0.05) is 19.3 Å². The van der Waals surface area contributed by atoms with E-state index in [-0.39, 0.29) is 31.1 Å². The molecule has 78 heavy (non-hydrogen) atoms. The van der Waals surface area contributed by atoms with Gasteiger partial charge in [0.25, 0.3) is 0 Å². The molecule has 0 aromatic rings. The Balaban J connectivity index is 4.20. The Bertz CT molecular complexity index is 1570. The summed E-state index contributed by atoms with van der Waals surface area (Å²) in [6.45, 7) is 6.38. The minimum absolute atomic E-state index is 0.0889. The first kappa shape index (κ1) is 74.1. The first-order chi connectivity index (χ1) is 38.5. The maximum absolute atomic E-state index is 12.9. The van der Waals surface area contributed by atoms with Crippen molar-refractivity contribution in [3.05, 3.63) is 109 Å². The van der Waals surface area contributed by atoms with Gasteiger partial charge in [0.05, 0.1) is 0 Å². The van der Waals surface area contributed by atoms with Crippen LogP contribution in [0.15, 0.2) is 109 Å². The quantitative estimate of drug-likeness (QED) is 0.0261. The summed E-state index contributed by atoms with van der Waals surface area (Å²) in [4.78, 5) is 38.3. The van der Waals surface area contributed by atoms with E-state index in [4.69, 9.17) is 14.2 Å². The molecule has 446 valence electrons. The molecule has 0 bridgehead atoms. The average Bonchev–Trinajstić information content (AvgIpc) is 3.44. The Kier molecular flexibility index (Phi) is 62.3. The monoisotopic (exact) mass is 1080 g/mol. The number of hydrogen-bond donors (Lipinski definition) is 0. The highest BCUT2D eigenvalue weighted by molar-refractivity contribution is 5.71. The lowest BCUT2D eigenvalue weighted by atomic mass is 10.0. The number of unbranched alkanes of at least 4 members (excludes halogenated alkanes) is 30. The fourth-order valence-corrected chi connectivity index (χ4v) is 9.13. The summed E-state index contributed by atoms with van der Waals surface area (Å²) < 4.78 is 16.9. The van der Waals surface area contributed by atoms with E-state index < -0.39 is 6.10 Å². The highest BCUT2D eigenvalue weighted by atomic mass is 16.6. The van der Waals surface area contributed by atoms with Crippen LogP contribution in [0.25, 0.3) is 0 Å². The van der Waals surface area contributed by atoms with Gasteiger partial charge in [-0.25, -0.2) is 0 Å². The third-order valence-electron chi connectivity index (χ3n) is 14.0. The first-order valence-electron chi connectivity index (χ1n) is 32.9. The van der Waals surface area contributed by atoms with E-state index in [0.717, 1.165) is 128 Å². The SMILES string of the molecule is CC/C=C\C/C=C\C/C=C\C/C=C\CCCCCCCCCCCCCCCCCCCCC(=O)OCC(COC(=O)CCCCCCC/C=C\CCCCC)OC(=O)CCCCCC/C=C\C/C=C\C/C=C\C/C=C\CC. The van der Waals surface area contributed by atoms with E-state index in [9.17, 15) is 14.4 Å². The van der Waals surface area contributed by atoms with Crippen LogP contribution in [0.2, 0.25) is 0 Å². The number of esters is 3. The molecule has 0 aromatic heterocycles. The Hall–Kier alpha value is -3.93. The van der Waals surface area contributed by atoms with E-state index in [0.29, 0.717) is 19.3 Å². The summed E-state index contributed by atoms with van der Waals surface area (Å²) in [5, 5.41) is 0. The van der Waals surface area contributed by atoms with Gasteiger partial charge in [-0.15, -0.1) is 0 Å². The zero-order chi connectivity index (χ0) is 56.4. The second-order valence-corrected chi connectivity index (χ2v) is 21.6. The van der Waals surface area contributed by atoms with Crippen molar-refractivity contribution in [2.45, 2.75) is 316 Å². The third-order valence-corrected chi connectivity index (χ3v) is 14.0. The predicted molar refractivity (Wildman–Crippen MR) is 339 cm³/mol. The second-order valence-electron chi connectivity index (χ2n) is 21.6. The van der Waals surface area contributed by atoms with Gasteiger partial charge < -0.3 is 14.2 Å². The summed E-state index contributed by atoms with van der Waals surface area (Å²) in [6, 6.07) is 0. The molecule has 0 radical (unpaired) electrons. The van der Waals surface area contributed by atoms with Crippen LogP contribution < -0.4 is 0 Å². The third kappa shape index (κ3) is 62.9. The van der Waals surface area contributed by atoms with E-state index in [1.54, 1.807) is 0 Å². The van der Waals surface area contributed by atoms with Gasteiger partial charge in [-0.2, -0.15) is 0 Å². The van der Waals surface area contributed by atoms with Crippen LogP contribution in [-0.2, 0) is 28.6 Å². The molecular weight excluding hydrogens is 961 g/mol. The molecule has 1 atom stereocenters. The highest BCUT2D eigenvalue weighted by Crippen LogP contribution is 2.17. The standard InChI is InChI=1S/C72H122O6/c1-4-7-10-13-16-19-22-25-27-29-30-31-32-33-34-35-36-37-38-39-40-41-42-44-45-47-50-53-56-59-62-65-71(74)77-68-69(67-76-70(73)64-61-58-55-52-49-24-21-18-15-12-9-6-3)78-72(75)66-63-60-57-54-51-48-46-43-28-26-23-20-17-14-11-8-5-2/h7-8,10-11,16-21,25-28,30-31,46,48,69H,4-6,9,12-15,22-24,29,32-45,47,49-68H2,1-3H3/b10-7-,11-8-,19-16-,20-17-,21-18-,27-25-,28-26-,31-30-,48-46-. The van der Waals surface area contributed by atoms with Crippen LogP contribution in [0.1, 0.15) is 310 Å². The molecule has 0 aliphatic carbocycles. The number of ether oxygens (including phenoxy) is 3. The van der Waals surface area contributed by atoms with Crippen LogP contribution >= 0.6 is 0 Å². The van der Waals surface area contributed by atoms with Crippen LogP contribution in [0.4, 0.5) is 0 Å². The number of carbonyl (C=O) groups excluding carboxylic acids is 3. The number of allylic oxidation sites excluding steroid dienone is 18. The van der Waals surface area contributed by atoms with Gasteiger partial charge in [0.2, 0.25) is 0 Å². The molecule has 0 saturated carbocycles. The molecular formula is C72H122O6. The van der Waals surface area contributed by atoms with Crippen molar-refractivity contribution in [3.8, 4) is 0 Å². The maximum atomic E-state index is 12.9. The van der Waals surface area contributed by atoms with Gasteiger partial charge in [0.1, 0.15) is 13.2 Å². The lowest BCUT2D eigenvalue weighted by Crippen LogP contribution is -2.30. The second kappa shape index (κ2) is 65.6. The molecule has 0 aliphatic heterocycles. The van der Waals surface area contributed by atoms with Crippen molar-refractivity contribution in [1.29, 1.82) is 0 Å². The normalized spacial score (nSPS) is 12.8. The van der Waals surface area contributed by atoms with E-state index >= 15 is 0 Å². The molecule has 0 saturated heterocycles. The lowest BCUT2D eigenvalue weighted by Gasteiger charge is -2.18. The van der Waals surface area contributed by atoms with Crippen LogP contribution in [0.3, 0.4) is 0 Å². The minimum atomic E-state index is -0.795. The van der Waals surface area contributed by atoms with Crippen LogP contribution in [-0.4, -0.2) is 37.2 Å². The van der Waals surface area contributed by atoms with Gasteiger partial charge in [-0.3, -0.25) is 14.4 Å². The Morgan fingerprint density at radius 2 is 0.500 bits per heavy atom. The molecule has 0 rings (SSSR count). The molecule has 0 amide bonds. The largest absolute Gasteiger partial charge is 0.462 e. The zero-order valence-corrected chi connectivity index (χ0v) is 51.2. The number of rotatable bonds is 59. The van der Waals surface area contributed by atoms with Crippen molar-refractivity contribution in [2.75, 3.05) is 13.2 Å². The fraction of sp³-hybridized carbons (Fsp3) is 0.708. The van der Waals surface area contributed by atoms with E-state index in [2.05, 4.69) is 130 Å². The molecule has 0 fully saturated rings. The summed E-state index contributed by atoms with van der Waals surface area (Å²) in [5.41, 5.74) is 0. The first-order valence-corrected chi connectivity index (χ1v) is 32.9. The van der Waals surface area contributed by atoms with Crippen molar-refractivity contribution >= 4 is 17.9 Å². The fourth-order valence-electron chi connectivity index (χ4n) is 9.13. The number of carbonyl (C=O) groups is 3. The predicted octanol–water partition coefficient (Wildman–Crippen LogP) is 22.6. The lowest BCUT2D eigenvalue weighted by molar-refractivity contribution is -0.167. The van der Waals surface area contributed by atoms with Gasteiger partial charge >= 0.3 is 17.9 Å². The van der Waals surface area contributed by atoms with E-state index in [1.807, 2.05) is 0 Å². The maximum Gasteiger partial charge on any atom is 0.306 e. The number of hydrogen-bond acceptors (Lipinski definition) is 6. The molecule has 6 nitrogen and oxygen atoms in total. The zero-order valence-electron chi connectivity index (χ0n) is 51.2.